The fourth-order valence-electron chi connectivity index (χ4n) is 1.60. The quantitative estimate of drug-likeness (QED) is 0.645. The number of carbonyl (C=O) groups is 1. The second-order valence-electron chi connectivity index (χ2n) is 3.96. The Bertz CT molecular complexity index is 504. The lowest BCUT2D eigenvalue weighted by atomic mass is 10.0. The molecule has 0 saturated heterocycles. The molecule has 19 heavy (non-hydrogen) atoms. The van der Waals surface area contributed by atoms with E-state index in [4.69, 9.17) is 4.74 Å². The van der Waals surface area contributed by atoms with Gasteiger partial charge in [0.25, 0.3) is 0 Å². The highest BCUT2D eigenvalue weighted by Crippen LogP contribution is 2.24. The van der Waals surface area contributed by atoms with Gasteiger partial charge < -0.3 is 9.84 Å². The van der Waals surface area contributed by atoms with E-state index in [-0.39, 0.29) is 12.2 Å². The lowest BCUT2D eigenvalue weighted by Gasteiger charge is -2.06. The summed E-state index contributed by atoms with van der Waals surface area (Å²) in [6, 6.07) is 4.93. The number of rotatable bonds is 6. The average molecular weight is 327 g/mol. The Morgan fingerprint density at radius 1 is 1.47 bits per heavy atom. The first-order valence-electron chi connectivity index (χ1n) is 5.92. The monoisotopic (exact) mass is 326 g/mol. The van der Waals surface area contributed by atoms with Crippen molar-refractivity contribution in [2.45, 2.75) is 26.2 Å². The molecule has 0 aliphatic rings. The lowest BCUT2D eigenvalue weighted by Crippen LogP contribution is -2.06. The maximum Gasteiger partial charge on any atom is 0.310 e. The van der Waals surface area contributed by atoms with Gasteiger partial charge in [-0.15, -0.1) is 0 Å². The van der Waals surface area contributed by atoms with Crippen LogP contribution in [0.5, 0.6) is 5.75 Å². The molecule has 0 bridgehead atoms. The van der Waals surface area contributed by atoms with Gasteiger partial charge in [-0.1, -0.05) is 15.9 Å². The number of phenols is 1. The van der Waals surface area contributed by atoms with E-state index < -0.39 is 5.97 Å². The Morgan fingerprint density at radius 2 is 2.21 bits per heavy atom. The first-order chi connectivity index (χ1) is 9.06. The number of phenolic OH excluding ortho intramolecular Hbond substituents is 1. The van der Waals surface area contributed by atoms with Crippen LogP contribution < -0.4 is 0 Å². The maximum atomic E-state index is 11.3. The summed E-state index contributed by atoms with van der Waals surface area (Å²) in [7, 11) is 0. The Balaban J connectivity index is 2.61. The number of aryl methyl sites for hydroxylation is 1. The van der Waals surface area contributed by atoms with Gasteiger partial charge in [0.15, 0.2) is 0 Å². The number of aromatic hydroxyl groups is 1. The largest absolute Gasteiger partial charge is 0.508 e. The third-order valence-electron chi connectivity index (χ3n) is 2.53. The van der Waals surface area contributed by atoms with Crippen molar-refractivity contribution >= 4 is 27.8 Å². The van der Waals surface area contributed by atoms with Crippen LogP contribution in [-0.2, 0) is 20.7 Å². The summed E-state index contributed by atoms with van der Waals surface area (Å²) in [6.45, 7) is 2.01. The number of esters is 1. The zero-order valence-corrected chi connectivity index (χ0v) is 12.2. The Morgan fingerprint density at radius 3 is 2.84 bits per heavy atom. The lowest BCUT2D eigenvalue weighted by molar-refractivity contribution is -0.142. The second-order valence-corrected chi connectivity index (χ2v) is 4.82. The van der Waals surface area contributed by atoms with Gasteiger partial charge in [0.1, 0.15) is 11.7 Å². The van der Waals surface area contributed by atoms with Crippen molar-refractivity contribution in [3.05, 3.63) is 33.8 Å². The molecule has 0 saturated carbocycles. The van der Waals surface area contributed by atoms with Crippen molar-refractivity contribution in [1.82, 2.24) is 0 Å². The standard InChI is InChI=1S/C14H15BrO4/c1-2-19-14(18)7-10(9-16)3-4-11-8-12(17)5-6-13(11)15/h5-6,8,17H,2-4,7H2,1H3. The van der Waals surface area contributed by atoms with Crippen molar-refractivity contribution in [3.63, 3.8) is 0 Å². The summed E-state index contributed by atoms with van der Waals surface area (Å²) < 4.78 is 5.63. The number of hydrogen-bond donors (Lipinski definition) is 1. The minimum atomic E-state index is -0.421. The van der Waals surface area contributed by atoms with Crippen LogP contribution in [0.4, 0.5) is 0 Å². The van der Waals surface area contributed by atoms with Gasteiger partial charge in [0.2, 0.25) is 0 Å². The molecule has 0 radical (unpaired) electrons. The summed E-state index contributed by atoms with van der Waals surface area (Å²) in [5.41, 5.74) is 1.24. The van der Waals surface area contributed by atoms with Crippen molar-refractivity contribution in [3.8, 4) is 5.75 Å². The predicted octanol–water partition coefficient (Wildman–Crippen LogP) is 2.80. The van der Waals surface area contributed by atoms with Crippen LogP contribution in [-0.4, -0.2) is 23.6 Å². The van der Waals surface area contributed by atoms with E-state index in [1.54, 1.807) is 31.1 Å². The normalized spacial score (nSPS) is 9.79. The van der Waals surface area contributed by atoms with Crippen molar-refractivity contribution in [1.29, 1.82) is 0 Å². The van der Waals surface area contributed by atoms with Crippen LogP contribution in [0, 0.1) is 0 Å². The molecular weight excluding hydrogens is 312 g/mol. The summed E-state index contributed by atoms with van der Waals surface area (Å²) in [5.74, 6) is 1.53. The second kappa shape index (κ2) is 7.77. The zero-order chi connectivity index (χ0) is 14.3. The molecule has 1 aromatic carbocycles. The molecule has 0 fully saturated rings. The molecular formula is C14H15BrO4. The molecule has 0 aliphatic heterocycles. The minimum Gasteiger partial charge on any atom is -0.508 e. The highest BCUT2D eigenvalue weighted by molar-refractivity contribution is 9.10. The van der Waals surface area contributed by atoms with Crippen LogP contribution >= 0.6 is 15.9 Å². The summed E-state index contributed by atoms with van der Waals surface area (Å²) in [4.78, 5) is 22.1. The number of hydrogen-bond acceptors (Lipinski definition) is 4. The number of benzene rings is 1. The SMILES string of the molecule is CCOC(=O)CC(=C=O)CCc1cc(O)ccc1Br. The van der Waals surface area contributed by atoms with E-state index in [0.717, 1.165) is 10.0 Å². The van der Waals surface area contributed by atoms with Gasteiger partial charge in [0.05, 0.1) is 13.0 Å². The topological polar surface area (TPSA) is 63.6 Å². The molecule has 0 unspecified atom stereocenters. The number of carbonyl (C=O) groups excluding carboxylic acids is 2. The maximum absolute atomic E-state index is 11.3. The van der Waals surface area contributed by atoms with Gasteiger partial charge in [-0.3, -0.25) is 4.79 Å². The van der Waals surface area contributed by atoms with Crippen molar-refractivity contribution in [2.24, 2.45) is 0 Å². The Kier molecular flexibility index (Phi) is 6.33. The molecule has 0 heterocycles. The summed E-state index contributed by atoms with van der Waals surface area (Å²) in [5, 5.41) is 9.40. The smallest absolute Gasteiger partial charge is 0.310 e. The van der Waals surface area contributed by atoms with Gasteiger partial charge in [-0.05, 0) is 43.5 Å². The third kappa shape index (κ3) is 5.28. The zero-order valence-electron chi connectivity index (χ0n) is 10.6. The molecule has 0 aliphatic carbocycles. The van der Waals surface area contributed by atoms with Gasteiger partial charge in [-0.25, -0.2) is 4.79 Å². The van der Waals surface area contributed by atoms with Gasteiger partial charge >= 0.3 is 5.97 Å². The van der Waals surface area contributed by atoms with Gasteiger partial charge in [-0.2, -0.15) is 0 Å². The summed E-state index contributed by atoms with van der Waals surface area (Å²) in [6.07, 6.45) is 0.914. The molecule has 4 nitrogen and oxygen atoms in total. The van der Waals surface area contributed by atoms with Crippen LogP contribution in [0.25, 0.3) is 0 Å². The molecule has 5 heteroatoms. The molecule has 102 valence electrons. The van der Waals surface area contributed by atoms with Crippen LogP contribution in [0.1, 0.15) is 25.3 Å². The molecule has 0 aromatic heterocycles. The fraction of sp³-hybridized carbons (Fsp3) is 0.357. The van der Waals surface area contributed by atoms with Crippen molar-refractivity contribution in [2.75, 3.05) is 6.61 Å². The number of halogens is 1. The van der Waals surface area contributed by atoms with E-state index in [9.17, 15) is 14.7 Å². The predicted molar refractivity (Wildman–Crippen MR) is 74.6 cm³/mol. The number of ether oxygens (including phenoxy) is 1. The molecule has 1 N–H and O–H groups in total. The van der Waals surface area contributed by atoms with Crippen LogP contribution in [0.2, 0.25) is 0 Å². The first-order valence-corrected chi connectivity index (χ1v) is 6.72. The molecule has 1 aromatic rings. The van der Waals surface area contributed by atoms with E-state index in [0.29, 0.717) is 25.0 Å². The Hall–Kier alpha value is -1.58. The van der Waals surface area contributed by atoms with E-state index in [2.05, 4.69) is 15.9 Å². The third-order valence-corrected chi connectivity index (χ3v) is 3.31. The summed E-state index contributed by atoms with van der Waals surface area (Å²) >= 11 is 3.37. The highest BCUT2D eigenvalue weighted by atomic mass is 79.9. The molecule has 0 spiro atoms. The minimum absolute atomic E-state index is 0.0340. The highest BCUT2D eigenvalue weighted by Gasteiger charge is 2.09. The van der Waals surface area contributed by atoms with E-state index in [1.165, 1.54) is 0 Å². The van der Waals surface area contributed by atoms with E-state index >= 15 is 0 Å². The van der Waals surface area contributed by atoms with Crippen LogP contribution in [0.15, 0.2) is 28.2 Å². The molecule has 0 amide bonds. The fourth-order valence-corrected chi connectivity index (χ4v) is 2.04. The van der Waals surface area contributed by atoms with E-state index in [1.807, 2.05) is 0 Å². The Labute approximate surface area is 120 Å². The van der Waals surface area contributed by atoms with Crippen molar-refractivity contribution < 1.29 is 19.4 Å². The first kappa shape index (κ1) is 15.5. The average Bonchev–Trinajstić information content (AvgIpc) is 2.38. The van der Waals surface area contributed by atoms with Gasteiger partial charge in [0, 0.05) is 10.0 Å². The van der Waals surface area contributed by atoms with Crippen LogP contribution in [0.3, 0.4) is 0 Å². The molecule has 0 atom stereocenters. The molecule has 1 rings (SSSR count).